The lowest BCUT2D eigenvalue weighted by Crippen LogP contribution is -2.30. The van der Waals surface area contributed by atoms with E-state index < -0.39 is 23.3 Å². The first-order chi connectivity index (χ1) is 13.1. The van der Waals surface area contributed by atoms with Crippen molar-refractivity contribution in [3.8, 4) is 0 Å². The van der Waals surface area contributed by atoms with Crippen LogP contribution in [0.4, 0.5) is 29.5 Å². The third-order valence-corrected chi connectivity index (χ3v) is 4.21. The maximum absolute atomic E-state index is 12.8. The molecular weight excluding hydrogens is 383 g/mol. The first kappa shape index (κ1) is 22.6. The Hall–Kier alpha value is -2.71. The molecular formula is C20H28F3N5O. The Morgan fingerprint density at radius 2 is 1.76 bits per heavy atom. The van der Waals surface area contributed by atoms with E-state index in [4.69, 9.17) is 5.73 Å². The van der Waals surface area contributed by atoms with Gasteiger partial charge < -0.3 is 16.4 Å². The largest absolute Gasteiger partial charge is 0.416 e. The van der Waals surface area contributed by atoms with Crippen molar-refractivity contribution >= 4 is 17.5 Å². The predicted molar refractivity (Wildman–Crippen MR) is 108 cm³/mol. The van der Waals surface area contributed by atoms with Crippen LogP contribution in [0.2, 0.25) is 0 Å². The van der Waals surface area contributed by atoms with Gasteiger partial charge in [0.1, 0.15) is 11.5 Å². The fourth-order valence-corrected chi connectivity index (χ4v) is 2.79. The third kappa shape index (κ3) is 5.42. The van der Waals surface area contributed by atoms with Crippen LogP contribution in [0.25, 0.3) is 0 Å². The van der Waals surface area contributed by atoms with Crippen LogP contribution < -0.4 is 16.4 Å². The highest BCUT2D eigenvalue weighted by Crippen LogP contribution is 2.36. The SMILES string of the molecule is CC(C)(C)c1nn(C(C)(C)C)c(N)c1NC(=O)NCc1cccc(C(F)(F)F)c1. The van der Waals surface area contributed by atoms with Gasteiger partial charge in [-0.1, -0.05) is 32.9 Å². The average Bonchev–Trinajstić information content (AvgIpc) is 2.89. The number of hydrogen-bond acceptors (Lipinski definition) is 3. The topological polar surface area (TPSA) is 85.0 Å². The summed E-state index contributed by atoms with van der Waals surface area (Å²) in [5.74, 6) is 0.316. The number of benzene rings is 1. The van der Waals surface area contributed by atoms with E-state index in [1.807, 2.05) is 41.5 Å². The van der Waals surface area contributed by atoms with Crippen molar-refractivity contribution in [1.29, 1.82) is 0 Å². The second-order valence-electron chi connectivity index (χ2n) is 8.95. The van der Waals surface area contributed by atoms with Gasteiger partial charge in [-0.3, -0.25) is 0 Å². The molecule has 0 spiro atoms. The molecule has 2 amide bonds. The lowest BCUT2D eigenvalue weighted by molar-refractivity contribution is -0.137. The molecule has 4 N–H and O–H groups in total. The highest BCUT2D eigenvalue weighted by atomic mass is 19.4. The summed E-state index contributed by atoms with van der Waals surface area (Å²) in [6.45, 7) is 11.6. The maximum atomic E-state index is 12.8. The van der Waals surface area contributed by atoms with Gasteiger partial charge in [0, 0.05) is 12.0 Å². The number of carbonyl (C=O) groups excluding carboxylic acids is 1. The molecule has 0 saturated carbocycles. The first-order valence-electron chi connectivity index (χ1n) is 9.21. The maximum Gasteiger partial charge on any atom is 0.416 e. The minimum atomic E-state index is -4.43. The quantitative estimate of drug-likeness (QED) is 0.674. The molecule has 1 aromatic heterocycles. The number of nitrogens with zero attached hydrogens (tertiary/aromatic N) is 2. The van der Waals surface area contributed by atoms with Gasteiger partial charge in [-0.2, -0.15) is 18.3 Å². The van der Waals surface area contributed by atoms with E-state index in [1.54, 1.807) is 4.68 Å². The van der Waals surface area contributed by atoms with Crippen molar-refractivity contribution < 1.29 is 18.0 Å². The lowest BCUT2D eigenvalue weighted by Gasteiger charge is -2.21. The average molecular weight is 411 g/mol. The molecule has 0 aliphatic rings. The lowest BCUT2D eigenvalue weighted by atomic mass is 9.91. The van der Waals surface area contributed by atoms with Gasteiger partial charge in [-0.05, 0) is 38.5 Å². The number of hydrogen-bond donors (Lipinski definition) is 3. The van der Waals surface area contributed by atoms with Crippen molar-refractivity contribution in [3.05, 3.63) is 41.1 Å². The summed E-state index contributed by atoms with van der Waals surface area (Å²) in [7, 11) is 0. The number of nitrogens with one attached hydrogen (secondary N) is 2. The Labute approximate surface area is 168 Å². The van der Waals surface area contributed by atoms with Crippen LogP contribution in [0.3, 0.4) is 0 Å². The molecule has 9 heteroatoms. The first-order valence-corrected chi connectivity index (χ1v) is 9.21. The number of alkyl halides is 3. The van der Waals surface area contributed by atoms with E-state index in [9.17, 15) is 18.0 Å². The molecule has 1 aromatic carbocycles. The molecule has 160 valence electrons. The second-order valence-corrected chi connectivity index (χ2v) is 8.95. The number of carbonyl (C=O) groups is 1. The molecule has 0 bridgehead atoms. The van der Waals surface area contributed by atoms with Crippen molar-refractivity contribution in [2.45, 2.75) is 65.2 Å². The van der Waals surface area contributed by atoms with E-state index in [0.717, 1.165) is 12.1 Å². The minimum absolute atomic E-state index is 0.0616. The molecule has 0 aliphatic heterocycles. The van der Waals surface area contributed by atoms with Gasteiger partial charge in [0.2, 0.25) is 0 Å². The van der Waals surface area contributed by atoms with Gasteiger partial charge in [0.25, 0.3) is 0 Å². The normalized spacial score (nSPS) is 12.7. The molecule has 0 atom stereocenters. The Kier molecular flexibility index (Phi) is 5.92. The van der Waals surface area contributed by atoms with E-state index in [1.165, 1.54) is 12.1 Å². The number of amides is 2. The summed E-state index contributed by atoms with van der Waals surface area (Å²) in [4.78, 5) is 12.4. The number of rotatable bonds is 3. The number of urea groups is 1. The van der Waals surface area contributed by atoms with Gasteiger partial charge in [0.05, 0.1) is 16.8 Å². The van der Waals surface area contributed by atoms with Crippen LogP contribution >= 0.6 is 0 Å². The van der Waals surface area contributed by atoms with Gasteiger partial charge in [0.15, 0.2) is 0 Å². The third-order valence-electron chi connectivity index (χ3n) is 4.21. The highest BCUT2D eigenvalue weighted by Gasteiger charge is 2.31. The zero-order chi connectivity index (χ0) is 22.2. The molecule has 6 nitrogen and oxygen atoms in total. The number of nitrogen functional groups attached to an aromatic ring is 1. The Bertz CT molecular complexity index is 889. The smallest absolute Gasteiger partial charge is 0.382 e. The van der Waals surface area contributed by atoms with E-state index in [2.05, 4.69) is 15.7 Å². The standard InChI is InChI=1S/C20H28F3N5O/c1-18(2,3)15-14(16(24)28(27-15)19(4,5)6)26-17(29)25-11-12-8-7-9-13(10-12)20(21,22)23/h7-10H,11,24H2,1-6H3,(H2,25,26,29). The number of anilines is 2. The molecule has 1 heterocycles. The Balaban J connectivity index is 2.20. The van der Waals surface area contributed by atoms with Crippen LogP contribution in [0.15, 0.2) is 24.3 Å². The molecule has 0 saturated heterocycles. The summed E-state index contributed by atoms with van der Waals surface area (Å²) < 4.78 is 40.1. The molecule has 0 radical (unpaired) electrons. The summed E-state index contributed by atoms with van der Waals surface area (Å²) in [5.41, 5.74) is 6.07. The molecule has 2 aromatic rings. The fourth-order valence-electron chi connectivity index (χ4n) is 2.79. The van der Waals surface area contributed by atoms with Crippen molar-refractivity contribution in [2.75, 3.05) is 11.1 Å². The highest BCUT2D eigenvalue weighted by molar-refractivity contribution is 5.93. The second kappa shape index (κ2) is 7.61. The Morgan fingerprint density at radius 3 is 2.28 bits per heavy atom. The van der Waals surface area contributed by atoms with E-state index >= 15 is 0 Å². The van der Waals surface area contributed by atoms with Crippen LogP contribution in [-0.2, 0) is 23.7 Å². The number of halogens is 3. The fraction of sp³-hybridized carbons (Fsp3) is 0.500. The van der Waals surface area contributed by atoms with Gasteiger partial charge >= 0.3 is 12.2 Å². The minimum Gasteiger partial charge on any atom is -0.382 e. The molecule has 29 heavy (non-hydrogen) atoms. The number of nitrogens with two attached hydrogens (primary N) is 1. The molecule has 2 rings (SSSR count). The van der Waals surface area contributed by atoms with Crippen LogP contribution in [-0.4, -0.2) is 15.8 Å². The summed E-state index contributed by atoms with van der Waals surface area (Å²) in [6, 6.07) is 4.24. The molecule has 0 aliphatic carbocycles. The van der Waals surface area contributed by atoms with E-state index in [-0.39, 0.29) is 12.0 Å². The van der Waals surface area contributed by atoms with Crippen LogP contribution in [0, 0.1) is 0 Å². The predicted octanol–water partition coefficient (Wildman–Crippen LogP) is 4.86. The van der Waals surface area contributed by atoms with E-state index in [0.29, 0.717) is 22.8 Å². The number of aromatic nitrogens is 2. The van der Waals surface area contributed by atoms with Crippen molar-refractivity contribution in [1.82, 2.24) is 15.1 Å². The summed E-state index contributed by atoms with van der Waals surface area (Å²) >= 11 is 0. The molecule has 0 fully saturated rings. The van der Waals surface area contributed by atoms with Crippen LogP contribution in [0.5, 0.6) is 0 Å². The summed E-state index contributed by atoms with van der Waals surface area (Å²) in [6.07, 6.45) is -4.43. The van der Waals surface area contributed by atoms with Gasteiger partial charge in [-0.25, -0.2) is 9.48 Å². The zero-order valence-corrected chi connectivity index (χ0v) is 17.5. The summed E-state index contributed by atoms with van der Waals surface area (Å²) in [5, 5.41) is 9.87. The van der Waals surface area contributed by atoms with Crippen molar-refractivity contribution in [2.24, 2.45) is 0 Å². The monoisotopic (exact) mass is 411 g/mol. The molecule has 0 unspecified atom stereocenters. The Morgan fingerprint density at radius 1 is 1.14 bits per heavy atom. The van der Waals surface area contributed by atoms with Crippen molar-refractivity contribution in [3.63, 3.8) is 0 Å². The van der Waals surface area contributed by atoms with Crippen LogP contribution in [0.1, 0.15) is 58.4 Å². The zero-order valence-electron chi connectivity index (χ0n) is 17.5. The van der Waals surface area contributed by atoms with Gasteiger partial charge in [-0.15, -0.1) is 0 Å².